The van der Waals surface area contributed by atoms with E-state index in [1.54, 1.807) is 42.5 Å². The van der Waals surface area contributed by atoms with Gasteiger partial charge in [0.15, 0.2) is 5.78 Å². The molecule has 0 aliphatic rings. The van der Waals surface area contributed by atoms with Crippen molar-refractivity contribution in [2.75, 3.05) is 18.9 Å². The predicted molar refractivity (Wildman–Crippen MR) is 121 cm³/mol. The molecule has 0 fully saturated rings. The number of benzene rings is 3. The fraction of sp³-hybridized carbons (Fsp3) is 0.125. The molecule has 0 aliphatic carbocycles. The molecule has 0 radical (unpaired) electrons. The third-order valence-electron chi connectivity index (χ3n) is 4.80. The second-order valence-electron chi connectivity index (χ2n) is 7.21. The zero-order valence-electron chi connectivity index (χ0n) is 17.2. The first kappa shape index (κ1) is 23.1. The molecule has 164 valence electrons. The molecule has 0 bridgehead atoms. The second kappa shape index (κ2) is 10.2. The van der Waals surface area contributed by atoms with E-state index in [9.17, 15) is 18.8 Å². The van der Waals surface area contributed by atoms with Gasteiger partial charge in [-0.3, -0.25) is 19.3 Å². The van der Waals surface area contributed by atoms with E-state index in [2.05, 4.69) is 5.32 Å². The Labute approximate surface area is 189 Å². The number of ketones is 1. The minimum absolute atomic E-state index is 0.230. The summed E-state index contributed by atoms with van der Waals surface area (Å²) < 4.78 is 13.6. The summed E-state index contributed by atoms with van der Waals surface area (Å²) in [5, 5.41) is 3.04. The van der Waals surface area contributed by atoms with Crippen molar-refractivity contribution in [1.29, 1.82) is 0 Å². The number of hydrogen-bond acceptors (Lipinski definition) is 4. The molecular weight excluding hydrogens is 433 g/mol. The number of halogens is 2. The molecule has 3 rings (SSSR count). The highest BCUT2D eigenvalue weighted by atomic mass is 35.5. The number of carbonyl (C=O) groups excluding carboxylic acids is 3. The van der Waals surface area contributed by atoms with Gasteiger partial charge in [-0.2, -0.15) is 0 Å². The monoisotopic (exact) mass is 453 g/mol. The maximum Gasteiger partial charge on any atom is 0.239 e. The molecule has 6 nitrogen and oxygen atoms in total. The first-order chi connectivity index (χ1) is 15.3. The van der Waals surface area contributed by atoms with E-state index < -0.39 is 23.7 Å². The maximum atomic E-state index is 13.6. The van der Waals surface area contributed by atoms with Crippen LogP contribution in [0.15, 0.2) is 72.8 Å². The number of nitrogens with zero attached hydrogens (tertiary/aromatic N) is 1. The van der Waals surface area contributed by atoms with E-state index in [-0.39, 0.29) is 23.6 Å². The highest BCUT2D eigenvalue weighted by Crippen LogP contribution is 2.24. The lowest BCUT2D eigenvalue weighted by Crippen LogP contribution is -2.39. The number of primary amides is 1. The van der Waals surface area contributed by atoms with Crippen LogP contribution >= 0.6 is 11.6 Å². The predicted octanol–water partition coefficient (Wildman–Crippen LogP) is 3.81. The average Bonchev–Trinajstić information content (AvgIpc) is 2.75. The van der Waals surface area contributed by atoms with Crippen LogP contribution in [0.5, 0.6) is 0 Å². The molecule has 1 atom stereocenters. The molecule has 0 saturated carbocycles. The molecule has 8 heteroatoms. The summed E-state index contributed by atoms with van der Waals surface area (Å²) in [7, 11) is 1.53. The van der Waals surface area contributed by atoms with Crippen LogP contribution in [0.3, 0.4) is 0 Å². The van der Waals surface area contributed by atoms with Crippen molar-refractivity contribution in [1.82, 2.24) is 4.90 Å². The van der Waals surface area contributed by atoms with E-state index in [0.29, 0.717) is 16.1 Å². The maximum absolute atomic E-state index is 13.6. The molecule has 0 aliphatic heterocycles. The summed E-state index contributed by atoms with van der Waals surface area (Å²) in [6, 6.07) is 17.6. The molecular formula is C24H21ClFN3O3. The van der Waals surface area contributed by atoms with Gasteiger partial charge in [0.1, 0.15) is 11.9 Å². The first-order valence-electron chi connectivity index (χ1n) is 9.70. The average molecular weight is 454 g/mol. The summed E-state index contributed by atoms with van der Waals surface area (Å²) in [6.07, 6.45) is 0. The summed E-state index contributed by atoms with van der Waals surface area (Å²) >= 11 is 6.07. The molecule has 3 aromatic carbocycles. The normalized spacial score (nSPS) is 11.8. The van der Waals surface area contributed by atoms with Crippen molar-refractivity contribution in [3.05, 3.63) is 100 Å². The lowest BCUT2D eigenvalue weighted by atomic mass is 10.0. The molecule has 3 aromatic rings. The van der Waals surface area contributed by atoms with Crippen LogP contribution in [0.4, 0.5) is 10.1 Å². The molecule has 2 amide bonds. The number of rotatable bonds is 8. The third-order valence-corrected chi connectivity index (χ3v) is 5.04. The van der Waals surface area contributed by atoms with Crippen LogP contribution in [0.1, 0.15) is 27.5 Å². The van der Waals surface area contributed by atoms with Crippen molar-refractivity contribution < 1.29 is 18.8 Å². The van der Waals surface area contributed by atoms with Crippen molar-refractivity contribution >= 4 is 34.9 Å². The highest BCUT2D eigenvalue weighted by Gasteiger charge is 2.25. The summed E-state index contributed by atoms with van der Waals surface area (Å²) in [4.78, 5) is 39.0. The Morgan fingerprint density at radius 3 is 2.41 bits per heavy atom. The van der Waals surface area contributed by atoms with Gasteiger partial charge in [0.25, 0.3) is 0 Å². The largest absolute Gasteiger partial charge is 0.368 e. The smallest absolute Gasteiger partial charge is 0.239 e. The molecule has 0 aromatic heterocycles. The zero-order chi connectivity index (χ0) is 23.3. The van der Waals surface area contributed by atoms with E-state index in [4.69, 9.17) is 17.3 Å². The quantitative estimate of drug-likeness (QED) is 0.507. The first-order valence-corrected chi connectivity index (χ1v) is 10.1. The standard InChI is InChI=1S/C24H21ClFN3O3/c1-29(22(24(27)32)16-8-5-9-18(26)12-16)14-21(30)28-20-11-10-17(25)13-19(20)23(31)15-6-3-2-4-7-15/h2-13,22H,14H2,1H3,(H2,27,32)(H,28,30). The fourth-order valence-corrected chi connectivity index (χ4v) is 3.55. The Bertz CT molecular complexity index is 1150. The number of hydrogen-bond donors (Lipinski definition) is 2. The molecule has 0 saturated heterocycles. The number of anilines is 1. The van der Waals surface area contributed by atoms with Crippen LogP contribution < -0.4 is 11.1 Å². The Morgan fingerprint density at radius 1 is 1.03 bits per heavy atom. The van der Waals surface area contributed by atoms with Crippen LogP contribution in [0.25, 0.3) is 0 Å². The Morgan fingerprint density at radius 2 is 1.75 bits per heavy atom. The highest BCUT2D eigenvalue weighted by molar-refractivity contribution is 6.31. The van der Waals surface area contributed by atoms with Crippen molar-refractivity contribution in [2.45, 2.75) is 6.04 Å². The van der Waals surface area contributed by atoms with Gasteiger partial charge >= 0.3 is 0 Å². The Hall–Kier alpha value is -3.55. The van der Waals surface area contributed by atoms with Crippen LogP contribution in [0.2, 0.25) is 5.02 Å². The number of likely N-dealkylation sites (N-methyl/N-ethyl adjacent to an activating group) is 1. The van der Waals surface area contributed by atoms with Crippen molar-refractivity contribution in [3.63, 3.8) is 0 Å². The zero-order valence-corrected chi connectivity index (χ0v) is 18.0. The minimum atomic E-state index is -1.01. The SMILES string of the molecule is CN(CC(=O)Nc1ccc(Cl)cc1C(=O)c1ccccc1)C(C(N)=O)c1cccc(F)c1. The third kappa shape index (κ3) is 5.57. The van der Waals surface area contributed by atoms with Gasteiger partial charge in [-0.25, -0.2) is 4.39 Å². The molecule has 0 spiro atoms. The van der Waals surface area contributed by atoms with Gasteiger partial charge in [0.2, 0.25) is 11.8 Å². The molecule has 0 heterocycles. The van der Waals surface area contributed by atoms with Crippen molar-refractivity contribution in [3.8, 4) is 0 Å². The van der Waals surface area contributed by atoms with Crippen LogP contribution in [0, 0.1) is 5.82 Å². The Kier molecular flexibility index (Phi) is 7.35. The summed E-state index contributed by atoms with van der Waals surface area (Å²) in [6.45, 7) is -0.230. The number of amides is 2. The van der Waals surface area contributed by atoms with Gasteiger partial charge in [0.05, 0.1) is 12.2 Å². The lowest BCUT2D eigenvalue weighted by Gasteiger charge is -2.25. The minimum Gasteiger partial charge on any atom is -0.368 e. The van der Waals surface area contributed by atoms with Gasteiger partial charge in [-0.1, -0.05) is 54.1 Å². The van der Waals surface area contributed by atoms with Gasteiger partial charge in [-0.05, 0) is 42.9 Å². The van der Waals surface area contributed by atoms with Crippen molar-refractivity contribution in [2.24, 2.45) is 5.73 Å². The Balaban J connectivity index is 1.80. The van der Waals surface area contributed by atoms with E-state index in [1.165, 1.54) is 42.3 Å². The molecule has 1 unspecified atom stereocenters. The van der Waals surface area contributed by atoms with E-state index in [0.717, 1.165) is 0 Å². The number of carbonyl (C=O) groups is 3. The van der Waals surface area contributed by atoms with Crippen LogP contribution in [-0.2, 0) is 9.59 Å². The molecule has 3 N–H and O–H groups in total. The molecule has 32 heavy (non-hydrogen) atoms. The second-order valence-corrected chi connectivity index (χ2v) is 7.64. The van der Waals surface area contributed by atoms with Gasteiger partial charge in [0, 0.05) is 16.1 Å². The topological polar surface area (TPSA) is 92.5 Å². The fourth-order valence-electron chi connectivity index (χ4n) is 3.38. The van der Waals surface area contributed by atoms with E-state index in [1.807, 2.05) is 0 Å². The van der Waals surface area contributed by atoms with Gasteiger partial charge in [-0.15, -0.1) is 0 Å². The van der Waals surface area contributed by atoms with Crippen LogP contribution in [-0.4, -0.2) is 36.1 Å². The summed E-state index contributed by atoms with van der Waals surface area (Å²) in [5.41, 5.74) is 6.79. The number of nitrogens with one attached hydrogen (secondary N) is 1. The lowest BCUT2D eigenvalue weighted by molar-refractivity contribution is -0.124. The van der Waals surface area contributed by atoms with Gasteiger partial charge < -0.3 is 11.1 Å². The number of nitrogens with two attached hydrogens (primary N) is 1. The van der Waals surface area contributed by atoms with E-state index >= 15 is 0 Å². The summed E-state index contributed by atoms with van der Waals surface area (Å²) in [5.74, 6) is -2.03.